The first-order chi connectivity index (χ1) is 7.58. The fourth-order valence-corrected chi connectivity index (χ4v) is 2.06. The van der Waals surface area contributed by atoms with Gasteiger partial charge < -0.3 is 20.0 Å². The summed E-state index contributed by atoms with van der Waals surface area (Å²) in [4.78, 5) is 1.12. The Hall–Kier alpha value is -0.555. The van der Waals surface area contributed by atoms with E-state index < -0.39 is 7.32 Å². The molecule has 0 unspecified atom stereocenters. The maximum Gasteiger partial charge on any atom is 0.708 e. The predicted molar refractivity (Wildman–Crippen MR) is 66.3 cm³/mol. The van der Waals surface area contributed by atoms with Crippen LogP contribution < -0.4 is 9.97 Å². The van der Waals surface area contributed by atoms with Gasteiger partial charge in [0, 0.05) is 11.4 Å². The molecule has 0 spiro atoms. The summed E-state index contributed by atoms with van der Waals surface area (Å²) in [6, 6.07) is 3.66. The maximum atomic E-state index is 8.61. The maximum absolute atomic E-state index is 8.61. The molecule has 0 saturated carbocycles. The second kappa shape index (κ2) is 6.91. The number of nitrogens with one attached hydrogen (secondary N) is 1. The Morgan fingerprint density at radius 3 is 2.81 bits per heavy atom. The molecule has 0 aromatic carbocycles. The van der Waals surface area contributed by atoms with Crippen LogP contribution in [0.1, 0.15) is 25.1 Å². The quantitative estimate of drug-likeness (QED) is 0.498. The first-order valence-corrected chi connectivity index (χ1v) is 6.22. The van der Waals surface area contributed by atoms with E-state index in [-0.39, 0.29) is 0 Å². The molecule has 0 aliphatic heterocycles. The van der Waals surface area contributed by atoms with Crippen LogP contribution in [0.3, 0.4) is 0 Å². The molecular formula is C10H18BNO3S. The molecule has 1 aromatic heterocycles. The fourth-order valence-electron chi connectivity index (χ4n) is 1.22. The van der Waals surface area contributed by atoms with Crippen LogP contribution in [0, 0.1) is 5.92 Å². The van der Waals surface area contributed by atoms with Gasteiger partial charge in [0.05, 0.1) is 0 Å². The van der Waals surface area contributed by atoms with Crippen molar-refractivity contribution in [2.45, 2.75) is 26.8 Å². The topological polar surface area (TPSA) is 61.7 Å². The van der Waals surface area contributed by atoms with Gasteiger partial charge in [0.1, 0.15) is 0 Å². The van der Waals surface area contributed by atoms with Crippen LogP contribution in [-0.4, -0.2) is 23.9 Å². The molecule has 1 rings (SSSR count). The Balaban J connectivity index is 2.24. The van der Waals surface area contributed by atoms with Crippen LogP contribution in [-0.2, 0) is 6.54 Å². The van der Waals surface area contributed by atoms with Gasteiger partial charge in [0.25, 0.3) is 0 Å². The molecule has 0 radical (unpaired) electrons. The average Bonchev–Trinajstić information content (AvgIpc) is 2.59. The van der Waals surface area contributed by atoms with Crippen molar-refractivity contribution in [2.24, 2.45) is 5.92 Å². The third-order valence-corrected chi connectivity index (χ3v) is 3.03. The van der Waals surface area contributed by atoms with Gasteiger partial charge in [0.2, 0.25) is 0 Å². The molecule has 0 fully saturated rings. The minimum Gasteiger partial charge on any atom is -0.504 e. The van der Waals surface area contributed by atoms with Gasteiger partial charge in [-0.3, -0.25) is 0 Å². The normalized spacial score (nSPS) is 10.8. The van der Waals surface area contributed by atoms with Gasteiger partial charge in [-0.2, -0.15) is 0 Å². The van der Waals surface area contributed by atoms with Crippen LogP contribution in [0.15, 0.2) is 12.1 Å². The highest BCUT2D eigenvalue weighted by Gasteiger charge is 2.12. The summed E-state index contributed by atoms with van der Waals surface area (Å²) in [5.74, 6) is 0.708. The molecule has 1 heterocycles. The van der Waals surface area contributed by atoms with E-state index in [1.54, 1.807) is 6.07 Å². The zero-order valence-corrected chi connectivity index (χ0v) is 10.5. The molecule has 90 valence electrons. The number of thiophene rings is 1. The predicted octanol–water partition coefficient (Wildman–Crippen LogP) is 1.23. The Kier molecular flexibility index (Phi) is 5.83. The van der Waals surface area contributed by atoms with Gasteiger partial charge in [-0.05, 0) is 31.0 Å². The van der Waals surface area contributed by atoms with Crippen molar-refractivity contribution < 1.29 is 14.7 Å². The lowest BCUT2D eigenvalue weighted by Crippen LogP contribution is -2.19. The van der Waals surface area contributed by atoms with Crippen LogP contribution in [0.4, 0.5) is 0 Å². The lowest BCUT2D eigenvalue weighted by molar-refractivity contribution is 0.292. The van der Waals surface area contributed by atoms with Gasteiger partial charge in [-0.1, -0.05) is 13.8 Å². The largest absolute Gasteiger partial charge is 0.708 e. The summed E-state index contributed by atoms with van der Waals surface area (Å²) in [5, 5.41) is 21.1. The van der Waals surface area contributed by atoms with Crippen LogP contribution >= 0.6 is 11.3 Å². The molecule has 6 heteroatoms. The van der Waals surface area contributed by atoms with E-state index in [4.69, 9.17) is 14.7 Å². The van der Waals surface area contributed by atoms with Gasteiger partial charge in [0.15, 0.2) is 5.06 Å². The molecule has 0 bridgehead atoms. The molecule has 0 atom stereocenters. The summed E-state index contributed by atoms with van der Waals surface area (Å²) in [6.45, 7) is 6.18. The third kappa shape index (κ3) is 5.51. The molecule has 0 amide bonds. The van der Waals surface area contributed by atoms with E-state index in [1.807, 2.05) is 6.07 Å². The zero-order valence-electron chi connectivity index (χ0n) is 9.64. The number of hydrogen-bond acceptors (Lipinski definition) is 5. The Bertz CT molecular complexity index is 304. The third-order valence-electron chi connectivity index (χ3n) is 2.06. The smallest absolute Gasteiger partial charge is 0.504 e. The van der Waals surface area contributed by atoms with Gasteiger partial charge >= 0.3 is 7.32 Å². The van der Waals surface area contributed by atoms with Crippen molar-refractivity contribution in [1.82, 2.24) is 5.32 Å². The summed E-state index contributed by atoms with van der Waals surface area (Å²) in [6.07, 6.45) is 1.16. The highest BCUT2D eigenvalue weighted by atomic mass is 32.1. The Morgan fingerprint density at radius 1 is 1.44 bits per heavy atom. The van der Waals surface area contributed by atoms with Crippen molar-refractivity contribution in [2.75, 3.05) is 6.54 Å². The minimum absolute atomic E-state index is 0.524. The van der Waals surface area contributed by atoms with E-state index in [9.17, 15) is 0 Å². The first-order valence-electron chi connectivity index (χ1n) is 5.40. The molecule has 16 heavy (non-hydrogen) atoms. The van der Waals surface area contributed by atoms with E-state index in [2.05, 4.69) is 19.2 Å². The lowest BCUT2D eigenvalue weighted by atomic mass is 10.1. The monoisotopic (exact) mass is 243 g/mol. The molecule has 1 aromatic rings. The SMILES string of the molecule is CC(C)CCNCc1ccc(OB(O)O)s1. The number of hydrogen-bond donors (Lipinski definition) is 3. The fraction of sp³-hybridized carbons (Fsp3) is 0.600. The van der Waals surface area contributed by atoms with Gasteiger partial charge in [-0.15, -0.1) is 11.3 Å². The molecule has 0 aliphatic carbocycles. The van der Waals surface area contributed by atoms with Crippen molar-refractivity contribution in [3.63, 3.8) is 0 Å². The standard InChI is InChI=1S/C10H18BNO3S/c1-8(2)5-6-12-7-9-3-4-10(16-9)15-11(13)14/h3-4,8,12-14H,5-7H2,1-2H3. The molecular weight excluding hydrogens is 225 g/mol. The van der Waals surface area contributed by atoms with Crippen molar-refractivity contribution >= 4 is 18.7 Å². The van der Waals surface area contributed by atoms with Gasteiger partial charge in [-0.25, -0.2) is 0 Å². The Labute approximate surface area is 100 Å². The van der Waals surface area contributed by atoms with E-state index in [0.29, 0.717) is 11.0 Å². The number of rotatable bonds is 7. The average molecular weight is 243 g/mol. The zero-order chi connectivity index (χ0) is 12.0. The van der Waals surface area contributed by atoms with E-state index >= 15 is 0 Å². The Morgan fingerprint density at radius 2 is 2.19 bits per heavy atom. The molecule has 4 nitrogen and oxygen atoms in total. The van der Waals surface area contributed by atoms with Crippen molar-refractivity contribution in [1.29, 1.82) is 0 Å². The molecule has 0 aliphatic rings. The van der Waals surface area contributed by atoms with Crippen LogP contribution in [0.25, 0.3) is 0 Å². The summed E-state index contributed by atoms with van der Waals surface area (Å²) < 4.78 is 4.74. The highest BCUT2D eigenvalue weighted by molar-refractivity contribution is 7.14. The summed E-state index contributed by atoms with van der Waals surface area (Å²) in [5.41, 5.74) is 0. The second-order valence-electron chi connectivity index (χ2n) is 4.02. The van der Waals surface area contributed by atoms with E-state index in [0.717, 1.165) is 24.4 Å². The summed E-state index contributed by atoms with van der Waals surface area (Å²) in [7, 11) is -1.74. The van der Waals surface area contributed by atoms with E-state index in [1.165, 1.54) is 11.3 Å². The lowest BCUT2D eigenvalue weighted by Gasteiger charge is -2.05. The minimum atomic E-state index is -1.74. The highest BCUT2D eigenvalue weighted by Crippen LogP contribution is 2.24. The summed E-state index contributed by atoms with van der Waals surface area (Å²) >= 11 is 1.42. The molecule has 0 saturated heterocycles. The van der Waals surface area contributed by atoms with Crippen molar-refractivity contribution in [3.05, 3.63) is 17.0 Å². The first kappa shape index (κ1) is 13.5. The van der Waals surface area contributed by atoms with Crippen LogP contribution in [0.2, 0.25) is 0 Å². The van der Waals surface area contributed by atoms with Crippen molar-refractivity contribution in [3.8, 4) is 5.06 Å². The second-order valence-corrected chi connectivity index (χ2v) is 5.16. The molecule has 3 N–H and O–H groups in total. The van der Waals surface area contributed by atoms with Crippen LogP contribution in [0.5, 0.6) is 5.06 Å².